The van der Waals surface area contributed by atoms with Crippen LogP contribution in [0.25, 0.3) is 11.5 Å². The first-order valence-electron chi connectivity index (χ1n) is 12.6. The number of ether oxygens (including phenoxy) is 2. The SMILES string of the molecule is CC[C@@](OC(N)=O)(C(=O)c1noc(-c2ccccc2)n1)C(C)(C(=O)N1CCOCC1)C1CCCCC1. The topological polar surface area (TPSA) is 138 Å². The molecule has 1 unspecified atom stereocenters. The van der Waals surface area contributed by atoms with Crippen molar-refractivity contribution in [1.29, 1.82) is 0 Å². The first kappa shape index (κ1) is 25.8. The molecule has 2 heterocycles. The first-order chi connectivity index (χ1) is 17.3. The summed E-state index contributed by atoms with van der Waals surface area (Å²) >= 11 is 0. The van der Waals surface area contributed by atoms with E-state index in [4.69, 9.17) is 19.7 Å². The molecule has 2 atom stereocenters. The van der Waals surface area contributed by atoms with Crippen LogP contribution in [0.5, 0.6) is 0 Å². The van der Waals surface area contributed by atoms with Gasteiger partial charge in [-0.1, -0.05) is 49.5 Å². The molecule has 10 nitrogen and oxygen atoms in total. The number of nitrogens with zero attached hydrogens (tertiary/aromatic N) is 3. The third-order valence-corrected chi connectivity index (χ3v) is 7.79. The minimum absolute atomic E-state index is 0.0209. The van der Waals surface area contributed by atoms with Gasteiger partial charge in [-0.05, 0) is 44.2 Å². The third-order valence-electron chi connectivity index (χ3n) is 7.79. The van der Waals surface area contributed by atoms with Gasteiger partial charge in [-0.2, -0.15) is 4.98 Å². The van der Waals surface area contributed by atoms with Crippen molar-refractivity contribution < 1.29 is 28.4 Å². The molecule has 194 valence electrons. The van der Waals surface area contributed by atoms with E-state index in [1.165, 1.54) is 0 Å². The van der Waals surface area contributed by atoms with Crippen molar-refractivity contribution in [3.8, 4) is 11.5 Å². The van der Waals surface area contributed by atoms with Gasteiger partial charge in [0.15, 0.2) is 5.60 Å². The Bertz CT molecular complexity index is 1080. The molecular formula is C26H34N4O6. The molecule has 1 aromatic heterocycles. The second kappa shape index (κ2) is 10.8. The normalized spacial score (nSPS) is 20.2. The Morgan fingerprint density at radius 3 is 2.39 bits per heavy atom. The van der Waals surface area contributed by atoms with Crippen LogP contribution in [0.4, 0.5) is 4.79 Å². The highest BCUT2D eigenvalue weighted by molar-refractivity contribution is 6.05. The van der Waals surface area contributed by atoms with Crippen LogP contribution < -0.4 is 5.73 Å². The average molecular weight is 499 g/mol. The third kappa shape index (κ3) is 4.61. The number of Topliss-reactive ketones (excluding diaryl/α,β-unsaturated/α-hetero) is 1. The smallest absolute Gasteiger partial charge is 0.405 e. The quantitative estimate of drug-likeness (QED) is 0.545. The van der Waals surface area contributed by atoms with Crippen LogP contribution in [-0.2, 0) is 14.3 Å². The van der Waals surface area contributed by atoms with Gasteiger partial charge in [0, 0.05) is 18.7 Å². The maximum absolute atomic E-state index is 14.3. The number of primary amides is 1. The molecule has 0 bridgehead atoms. The van der Waals surface area contributed by atoms with E-state index < -0.39 is 22.9 Å². The maximum Gasteiger partial charge on any atom is 0.405 e. The van der Waals surface area contributed by atoms with Crippen molar-refractivity contribution in [2.75, 3.05) is 26.3 Å². The van der Waals surface area contributed by atoms with Crippen LogP contribution in [0.1, 0.15) is 63.0 Å². The van der Waals surface area contributed by atoms with E-state index in [9.17, 15) is 14.4 Å². The molecular weight excluding hydrogens is 464 g/mol. The molecule has 1 saturated carbocycles. The number of morpholine rings is 1. The molecule has 2 N–H and O–H groups in total. The summed E-state index contributed by atoms with van der Waals surface area (Å²) in [6.07, 6.45) is 3.23. The van der Waals surface area contributed by atoms with Crippen molar-refractivity contribution in [2.45, 2.75) is 58.0 Å². The summed E-state index contributed by atoms with van der Waals surface area (Å²) in [5, 5.41) is 3.93. The summed E-state index contributed by atoms with van der Waals surface area (Å²) in [4.78, 5) is 46.9. The fourth-order valence-electron chi connectivity index (χ4n) is 5.81. The molecule has 1 aromatic carbocycles. The molecule has 1 saturated heterocycles. The Balaban J connectivity index is 1.82. The van der Waals surface area contributed by atoms with E-state index >= 15 is 0 Å². The Kier molecular flexibility index (Phi) is 7.73. The highest BCUT2D eigenvalue weighted by Gasteiger charge is 2.65. The Morgan fingerprint density at radius 1 is 1.11 bits per heavy atom. The lowest BCUT2D eigenvalue weighted by Gasteiger charge is -2.51. The van der Waals surface area contributed by atoms with Crippen molar-refractivity contribution in [1.82, 2.24) is 15.0 Å². The zero-order valence-electron chi connectivity index (χ0n) is 20.9. The summed E-state index contributed by atoms with van der Waals surface area (Å²) < 4.78 is 16.6. The van der Waals surface area contributed by atoms with Crippen molar-refractivity contribution in [3.05, 3.63) is 36.2 Å². The van der Waals surface area contributed by atoms with Crippen molar-refractivity contribution >= 4 is 17.8 Å². The van der Waals surface area contributed by atoms with Gasteiger partial charge >= 0.3 is 6.09 Å². The van der Waals surface area contributed by atoms with Crippen LogP contribution in [0, 0.1) is 11.3 Å². The summed E-state index contributed by atoms with van der Waals surface area (Å²) in [7, 11) is 0. The standard InChI is InChI=1S/C26H34N4O6/c1-3-26(35-24(27)33,20(31)21-28-22(36-29-21)18-10-6-4-7-11-18)25(2,19-12-8-5-9-13-19)23(32)30-14-16-34-17-15-30/h4,6-7,10-11,19H,3,5,8-9,12-17H2,1-2H3,(H2,27,33)/t25?,26-/m1/s1. The molecule has 2 aliphatic rings. The zero-order chi connectivity index (χ0) is 25.8. The van der Waals surface area contributed by atoms with Crippen LogP contribution in [-0.4, -0.2) is 64.7 Å². The predicted molar refractivity (Wildman–Crippen MR) is 130 cm³/mol. The van der Waals surface area contributed by atoms with Gasteiger partial charge in [0.2, 0.25) is 17.5 Å². The van der Waals surface area contributed by atoms with Gasteiger partial charge in [-0.3, -0.25) is 9.59 Å². The van der Waals surface area contributed by atoms with Crippen LogP contribution in [0.2, 0.25) is 0 Å². The number of rotatable bonds is 8. The molecule has 2 amide bonds. The van der Waals surface area contributed by atoms with E-state index in [-0.39, 0.29) is 30.0 Å². The lowest BCUT2D eigenvalue weighted by Crippen LogP contribution is -2.66. The summed E-state index contributed by atoms with van der Waals surface area (Å²) in [6.45, 7) is 5.05. The Morgan fingerprint density at radius 2 is 1.78 bits per heavy atom. The van der Waals surface area contributed by atoms with Gasteiger partial charge in [-0.25, -0.2) is 4.79 Å². The van der Waals surface area contributed by atoms with Crippen LogP contribution in [0.15, 0.2) is 34.9 Å². The number of nitrogens with two attached hydrogens (primary N) is 1. The number of hydrogen-bond acceptors (Lipinski definition) is 8. The van der Waals surface area contributed by atoms with E-state index in [0.717, 1.165) is 32.1 Å². The number of hydrogen-bond donors (Lipinski definition) is 1. The van der Waals surface area contributed by atoms with Gasteiger partial charge < -0.3 is 24.6 Å². The molecule has 36 heavy (non-hydrogen) atoms. The zero-order valence-corrected chi connectivity index (χ0v) is 20.9. The molecule has 10 heteroatoms. The Labute approximate surface area is 210 Å². The molecule has 2 fully saturated rings. The fraction of sp³-hybridized carbons (Fsp3) is 0.577. The number of carbonyl (C=O) groups excluding carboxylic acids is 3. The van der Waals surface area contributed by atoms with Gasteiger partial charge in [0.25, 0.3) is 5.89 Å². The monoisotopic (exact) mass is 498 g/mol. The van der Waals surface area contributed by atoms with E-state index in [1.807, 2.05) is 18.2 Å². The Hall–Kier alpha value is -3.27. The highest BCUT2D eigenvalue weighted by Crippen LogP contribution is 2.51. The first-order valence-corrected chi connectivity index (χ1v) is 12.6. The number of amides is 2. The summed E-state index contributed by atoms with van der Waals surface area (Å²) in [6, 6.07) is 9.04. The van der Waals surface area contributed by atoms with Crippen molar-refractivity contribution in [2.24, 2.45) is 17.1 Å². The lowest BCUT2D eigenvalue weighted by molar-refractivity contribution is -0.168. The van der Waals surface area contributed by atoms with E-state index in [1.54, 1.807) is 30.9 Å². The van der Waals surface area contributed by atoms with Crippen LogP contribution >= 0.6 is 0 Å². The second-order valence-electron chi connectivity index (χ2n) is 9.66. The summed E-state index contributed by atoms with van der Waals surface area (Å²) in [5.41, 5.74) is 2.89. The fourth-order valence-corrected chi connectivity index (χ4v) is 5.81. The molecule has 1 aliphatic heterocycles. The van der Waals surface area contributed by atoms with Crippen LogP contribution in [0.3, 0.4) is 0 Å². The number of aromatic nitrogens is 2. The number of carbonyl (C=O) groups is 3. The average Bonchev–Trinajstić information content (AvgIpc) is 3.42. The minimum Gasteiger partial charge on any atom is -0.433 e. The second-order valence-corrected chi connectivity index (χ2v) is 9.66. The maximum atomic E-state index is 14.3. The molecule has 2 aromatic rings. The number of benzene rings is 1. The van der Waals surface area contributed by atoms with E-state index in [2.05, 4.69) is 10.1 Å². The molecule has 0 spiro atoms. The molecule has 1 aliphatic carbocycles. The number of ketones is 1. The lowest BCUT2D eigenvalue weighted by atomic mass is 9.57. The van der Waals surface area contributed by atoms with Gasteiger partial charge in [-0.15, -0.1) is 0 Å². The van der Waals surface area contributed by atoms with Gasteiger partial charge in [0.1, 0.15) is 0 Å². The van der Waals surface area contributed by atoms with Gasteiger partial charge in [0.05, 0.1) is 18.6 Å². The predicted octanol–water partition coefficient (Wildman–Crippen LogP) is 3.61. The van der Waals surface area contributed by atoms with E-state index in [0.29, 0.717) is 31.9 Å². The largest absolute Gasteiger partial charge is 0.433 e. The summed E-state index contributed by atoms with van der Waals surface area (Å²) in [5.74, 6) is -1.24. The molecule has 4 rings (SSSR count). The minimum atomic E-state index is -1.91. The van der Waals surface area contributed by atoms with Crippen molar-refractivity contribution in [3.63, 3.8) is 0 Å². The molecule has 0 radical (unpaired) electrons. The highest BCUT2D eigenvalue weighted by atomic mass is 16.6.